The van der Waals surface area contributed by atoms with Crippen molar-refractivity contribution < 1.29 is 9.53 Å². The van der Waals surface area contributed by atoms with E-state index in [2.05, 4.69) is 46.4 Å². The molecule has 0 saturated carbocycles. The highest BCUT2D eigenvalue weighted by atomic mass is 79.9. The third kappa shape index (κ3) is 2.93. The zero-order chi connectivity index (χ0) is 13.1. The number of rotatable bonds is 3. The van der Waals surface area contributed by atoms with Crippen LogP contribution in [0.25, 0.3) is 0 Å². The van der Waals surface area contributed by atoms with Gasteiger partial charge in [-0.3, -0.25) is 4.79 Å². The molecule has 0 aromatic heterocycles. The van der Waals surface area contributed by atoms with Crippen LogP contribution in [-0.4, -0.2) is 25.7 Å². The van der Waals surface area contributed by atoms with Crippen LogP contribution in [0.4, 0.5) is 0 Å². The Morgan fingerprint density at radius 3 is 2.89 bits per heavy atom. The van der Waals surface area contributed by atoms with Gasteiger partial charge in [0.25, 0.3) is 0 Å². The molecular weight excluding hydrogens is 294 g/mol. The zero-order valence-corrected chi connectivity index (χ0v) is 12.3. The molecule has 98 valence electrons. The fraction of sp³-hybridized carbons (Fsp3) is 0.500. The van der Waals surface area contributed by atoms with E-state index >= 15 is 0 Å². The van der Waals surface area contributed by atoms with E-state index in [1.165, 1.54) is 11.1 Å². The van der Waals surface area contributed by atoms with Crippen LogP contribution in [0, 0.1) is 12.8 Å². The van der Waals surface area contributed by atoms with E-state index in [0.717, 1.165) is 11.0 Å². The Morgan fingerprint density at radius 2 is 2.22 bits per heavy atom. The fourth-order valence-corrected chi connectivity index (χ4v) is 3.13. The van der Waals surface area contributed by atoms with E-state index in [1.807, 2.05) is 6.92 Å². The number of benzene rings is 1. The van der Waals surface area contributed by atoms with Crippen molar-refractivity contribution in [2.24, 2.45) is 5.92 Å². The van der Waals surface area contributed by atoms with Crippen LogP contribution in [0.2, 0.25) is 0 Å². The summed E-state index contributed by atoms with van der Waals surface area (Å²) in [6.07, 6.45) is 0. The van der Waals surface area contributed by atoms with Gasteiger partial charge < -0.3 is 10.1 Å². The fourth-order valence-electron chi connectivity index (χ4n) is 2.50. The number of hydrogen-bond acceptors (Lipinski definition) is 3. The average Bonchev–Trinajstić information content (AvgIpc) is 2.76. The molecule has 2 rings (SSSR count). The summed E-state index contributed by atoms with van der Waals surface area (Å²) < 4.78 is 6.21. The third-order valence-electron chi connectivity index (χ3n) is 3.30. The van der Waals surface area contributed by atoms with E-state index in [9.17, 15) is 4.79 Å². The number of carbonyl (C=O) groups excluding carboxylic acids is 1. The molecule has 1 saturated heterocycles. The van der Waals surface area contributed by atoms with Crippen molar-refractivity contribution in [2.75, 3.05) is 19.7 Å². The maximum absolute atomic E-state index is 11.9. The van der Waals surface area contributed by atoms with Crippen LogP contribution in [0.1, 0.15) is 24.0 Å². The Labute approximate surface area is 116 Å². The molecule has 1 heterocycles. The Bertz CT molecular complexity index is 427. The summed E-state index contributed by atoms with van der Waals surface area (Å²) in [7, 11) is 0. The molecule has 1 aliphatic rings. The van der Waals surface area contributed by atoms with Gasteiger partial charge in [0.05, 0.1) is 12.5 Å². The summed E-state index contributed by atoms with van der Waals surface area (Å²) in [6.45, 7) is 5.89. The lowest BCUT2D eigenvalue weighted by Gasteiger charge is -2.18. The second-order valence-corrected chi connectivity index (χ2v) is 5.60. The molecule has 1 aliphatic heterocycles. The highest BCUT2D eigenvalue weighted by Gasteiger charge is 2.35. The first kappa shape index (κ1) is 13.6. The molecule has 1 aromatic carbocycles. The van der Waals surface area contributed by atoms with Crippen LogP contribution >= 0.6 is 15.9 Å². The van der Waals surface area contributed by atoms with Gasteiger partial charge in [-0.2, -0.15) is 0 Å². The number of ether oxygens (including phenoxy) is 1. The summed E-state index contributed by atoms with van der Waals surface area (Å²) in [5.41, 5.74) is 2.40. The quantitative estimate of drug-likeness (QED) is 0.872. The molecule has 0 bridgehead atoms. The van der Waals surface area contributed by atoms with Gasteiger partial charge in [-0.1, -0.05) is 22.0 Å². The Hall–Kier alpha value is -0.870. The first-order valence-corrected chi connectivity index (χ1v) is 7.05. The minimum absolute atomic E-state index is 0.0707. The Balaban J connectivity index is 2.23. The second kappa shape index (κ2) is 5.85. The lowest BCUT2D eigenvalue weighted by Crippen LogP contribution is -2.24. The third-order valence-corrected chi connectivity index (χ3v) is 3.75. The van der Waals surface area contributed by atoms with Crippen molar-refractivity contribution in [2.45, 2.75) is 19.8 Å². The van der Waals surface area contributed by atoms with Crippen LogP contribution in [0.3, 0.4) is 0 Å². The topological polar surface area (TPSA) is 38.3 Å². The van der Waals surface area contributed by atoms with Gasteiger partial charge in [-0.05, 0) is 37.1 Å². The number of esters is 1. The molecule has 2 atom stereocenters. The molecule has 0 radical (unpaired) electrons. The molecule has 4 heteroatoms. The van der Waals surface area contributed by atoms with Gasteiger partial charge in [-0.15, -0.1) is 0 Å². The molecule has 1 N–H and O–H groups in total. The predicted octanol–water partition coefficient (Wildman–Crippen LogP) is 2.62. The van der Waals surface area contributed by atoms with Gasteiger partial charge in [-0.25, -0.2) is 0 Å². The number of nitrogens with one attached hydrogen (secondary N) is 1. The zero-order valence-electron chi connectivity index (χ0n) is 10.7. The van der Waals surface area contributed by atoms with Gasteiger partial charge >= 0.3 is 5.97 Å². The molecule has 18 heavy (non-hydrogen) atoms. The Kier molecular flexibility index (Phi) is 4.40. The highest BCUT2D eigenvalue weighted by Crippen LogP contribution is 2.31. The average molecular weight is 312 g/mol. The number of carbonyl (C=O) groups is 1. The normalized spacial score (nSPS) is 23.1. The van der Waals surface area contributed by atoms with Crippen LogP contribution in [-0.2, 0) is 9.53 Å². The summed E-state index contributed by atoms with van der Waals surface area (Å²) >= 11 is 3.51. The van der Waals surface area contributed by atoms with E-state index in [-0.39, 0.29) is 17.8 Å². The molecular formula is C14H18BrNO2. The summed E-state index contributed by atoms with van der Waals surface area (Å²) in [5, 5.41) is 3.28. The molecule has 0 spiro atoms. The van der Waals surface area contributed by atoms with E-state index in [4.69, 9.17) is 4.74 Å². The molecule has 3 nitrogen and oxygen atoms in total. The Morgan fingerprint density at radius 1 is 1.44 bits per heavy atom. The standard InChI is InChI=1S/C14H18BrNO2/c1-3-18-14(17)13-8-16-7-12(13)10-4-9(2)5-11(15)6-10/h4-6,12-13,16H,3,7-8H2,1-2H3. The maximum Gasteiger partial charge on any atom is 0.310 e. The maximum atomic E-state index is 11.9. The van der Waals surface area contributed by atoms with Gasteiger partial charge in [0.15, 0.2) is 0 Å². The predicted molar refractivity (Wildman–Crippen MR) is 74.6 cm³/mol. The van der Waals surface area contributed by atoms with Crippen LogP contribution in [0.5, 0.6) is 0 Å². The molecule has 1 fully saturated rings. The summed E-state index contributed by atoms with van der Waals surface area (Å²) in [6, 6.07) is 6.32. The highest BCUT2D eigenvalue weighted by molar-refractivity contribution is 9.10. The first-order valence-electron chi connectivity index (χ1n) is 6.26. The van der Waals surface area contributed by atoms with Crippen molar-refractivity contribution in [3.8, 4) is 0 Å². The van der Waals surface area contributed by atoms with Crippen LogP contribution < -0.4 is 5.32 Å². The van der Waals surface area contributed by atoms with Crippen molar-refractivity contribution in [3.05, 3.63) is 33.8 Å². The molecule has 0 aliphatic carbocycles. The largest absolute Gasteiger partial charge is 0.466 e. The van der Waals surface area contributed by atoms with Crippen molar-refractivity contribution in [3.63, 3.8) is 0 Å². The van der Waals surface area contributed by atoms with Gasteiger partial charge in [0.1, 0.15) is 0 Å². The molecule has 2 unspecified atom stereocenters. The van der Waals surface area contributed by atoms with E-state index in [1.54, 1.807) is 0 Å². The van der Waals surface area contributed by atoms with E-state index in [0.29, 0.717) is 13.2 Å². The lowest BCUT2D eigenvalue weighted by molar-refractivity contribution is -0.147. The van der Waals surface area contributed by atoms with E-state index < -0.39 is 0 Å². The van der Waals surface area contributed by atoms with Crippen molar-refractivity contribution in [1.82, 2.24) is 5.32 Å². The molecule has 1 aromatic rings. The van der Waals surface area contributed by atoms with Gasteiger partial charge in [0.2, 0.25) is 0 Å². The lowest BCUT2D eigenvalue weighted by atomic mass is 9.88. The summed E-state index contributed by atoms with van der Waals surface area (Å²) in [5.74, 6) is 0.0454. The second-order valence-electron chi connectivity index (χ2n) is 4.69. The van der Waals surface area contributed by atoms with Crippen molar-refractivity contribution >= 4 is 21.9 Å². The minimum Gasteiger partial charge on any atom is -0.466 e. The van der Waals surface area contributed by atoms with Crippen molar-refractivity contribution in [1.29, 1.82) is 0 Å². The van der Waals surface area contributed by atoms with Crippen LogP contribution in [0.15, 0.2) is 22.7 Å². The monoisotopic (exact) mass is 311 g/mol. The SMILES string of the molecule is CCOC(=O)C1CNCC1c1cc(C)cc(Br)c1. The minimum atomic E-state index is -0.0925. The smallest absolute Gasteiger partial charge is 0.310 e. The first-order chi connectivity index (χ1) is 8.61. The number of hydrogen-bond donors (Lipinski definition) is 1. The summed E-state index contributed by atoms with van der Waals surface area (Å²) in [4.78, 5) is 11.9. The molecule has 0 amide bonds. The van der Waals surface area contributed by atoms with Gasteiger partial charge in [0, 0.05) is 23.5 Å². The number of halogens is 1. The number of aryl methyl sites for hydroxylation is 1.